The normalized spacial score (nSPS) is 14.3. The van der Waals surface area contributed by atoms with E-state index < -0.39 is 60.2 Å². The number of carboxylic acid groups (broad SMARTS) is 1. The van der Waals surface area contributed by atoms with Crippen LogP contribution in [0.4, 0.5) is 0 Å². The molecule has 202 valence electrons. The van der Waals surface area contributed by atoms with Gasteiger partial charge in [0.2, 0.25) is 23.6 Å². The lowest BCUT2D eigenvalue weighted by Gasteiger charge is -2.25. The van der Waals surface area contributed by atoms with Gasteiger partial charge in [0.25, 0.3) is 0 Å². The molecule has 0 aliphatic rings. The van der Waals surface area contributed by atoms with Crippen LogP contribution in [0.1, 0.15) is 51.4 Å². The van der Waals surface area contributed by atoms with Crippen molar-refractivity contribution >= 4 is 41.4 Å². The molecule has 0 bridgehead atoms. The van der Waals surface area contributed by atoms with E-state index in [1.165, 1.54) is 11.8 Å². The number of carbonyl (C=O) groups excluding carboxylic acids is 4. The first-order valence-electron chi connectivity index (χ1n) is 11.6. The molecule has 0 fully saturated rings. The summed E-state index contributed by atoms with van der Waals surface area (Å²) >= 11 is 1.43. The van der Waals surface area contributed by atoms with Crippen LogP contribution in [-0.4, -0.2) is 84.0 Å². The number of carboxylic acids is 1. The van der Waals surface area contributed by atoms with Crippen molar-refractivity contribution < 1.29 is 29.1 Å². The van der Waals surface area contributed by atoms with Gasteiger partial charge in [-0.15, -0.1) is 0 Å². The Labute approximate surface area is 210 Å². The summed E-state index contributed by atoms with van der Waals surface area (Å²) in [6.45, 7) is 0.899. The molecule has 0 aromatic rings. The summed E-state index contributed by atoms with van der Waals surface area (Å²) in [5, 5.41) is 16.7. The average Bonchev–Trinajstić information content (AvgIpc) is 2.80. The molecule has 4 atom stereocenters. The minimum atomic E-state index is -1.53. The molecule has 0 heterocycles. The molecule has 4 amide bonds. The summed E-state index contributed by atoms with van der Waals surface area (Å²) in [5.74, 6) is -3.70. The Morgan fingerprint density at radius 2 is 1.26 bits per heavy atom. The molecule has 0 aliphatic heterocycles. The fourth-order valence-corrected chi connectivity index (χ4v) is 3.60. The first kappa shape index (κ1) is 32.6. The van der Waals surface area contributed by atoms with Crippen LogP contribution in [0.2, 0.25) is 0 Å². The van der Waals surface area contributed by atoms with Crippen LogP contribution in [-0.2, 0) is 24.0 Å². The van der Waals surface area contributed by atoms with E-state index in [1.54, 1.807) is 0 Å². The molecular formula is C21H41N7O6S. The highest BCUT2D eigenvalue weighted by Gasteiger charge is 2.30. The number of amides is 4. The van der Waals surface area contributed by atoms with Crippen LogP contribution >= 0.6 is 11.8 Å². The van der Waals surface area contributed by atoms with E-state index in [4.69, 9.17) is 22.9 Å². The monoisotopic (exact) mass is 519 g/mol. The van der Waals surface area contributed by atoms with Crippen molar-refractivity contribution in [2.24, 2.45) is 22.9 Å². The van der Waals surface area contributed by atoms with E-state index in [0.717, 1.165) is 6.42 Å². The topological polar surface area (TPSA) is 246 Å². The SMILES string of the molecule is CSCCC(NC(=O)C(CCCCN)NC(=O)C(N)CCCCN)C(=O)NC(CC(N)=O)C(=O)O. The molecule has 4 unspecified atom stereocenters. The lowest BCUT2D eigenvalue weighted by atomic mass is 10.0. The Hall–Kier alpha value is -2.42. The van der Waals surface area contributed by atoms with Crippen molar-refractivity contribution in [3.63, 3.8) is 0 Å². The highest BCUT2D eigenvalue weighted by molar-refractivity contribution is 7.98. The third-order valence-corrected chi connectivity index (χ3v) is 5.79. The number of rotatable bonds is 20. The number of aliphatic carboxylic acids is 1. The van der Waals surface area contributed by atoms with Crippen molar-refractivity contribution in [2.45, 2.75) is 75.5 Å². The van der Waals surface area contributed by atoms with Crippen LogP contribution in [0.5, 0.6) is 0 Å². The zero-order chi connectivity index (χ0) is 26.8. The van der Waals surface area contributed by atoms with Crippen LogP contribution in [0, 0.1) is 0 Å². The Bertz CT molecular complexity index is 697. The van der Waals surface area contributed by atoms with Gasteiger partial charge in [-0.3, -0.25) is 19.2 Å². The highest BCUT2D eigenvalue weighted by Crippen LogP contribution is 2.07. The van der Waals surface area contributed by atoms with Gasteiger partial charge in [0.1, 0.15) is 18.1 Å². The number of unbranched alkanes of at least 4 members (excludes halogenated alkanes) is 2. The van der Waals surface area contributed by atoms with Gasteiger partial charge in [0.05, 0.1) is 12.5 Å². The molecule has 0 saturated heterocycles. The minimum Gasteiger partial charge on any atom is -0.480 e. The Morgan fingerprint density at radius 3 is 1.74 bits per heavy atom. The molecule has 0 aliphatic carbocycles. The van der Waals surface area contributed by atoms with E-state index in [-0.39, 0.29) is 12.8 Å². The summed E-state index contributed by atoms with van der Waals surface area (Å²) in [6.07, 6.45) is 4.68. The minimum absolute atomic E-state index is 0.198. The van der Waals surface area contributed by atoms with Crippen LogP contribution in [0.25, 0.3) is 0 Å². The summed E-state index contributed by atoms with van der Waals surface area (Å²) < 4.78 is 0. The number of thioether (sulfide) groups is 1. The zero-order valence-electron chi connectivity index (χ0n) is 20.3. The Balaban J connectivity index is 5.41. The summed E-state index contributed by atoms with van der Waals surface area (Å²) in [5.41, 5.74) is 22.0. The van der Waals surface area contributed by atoms with Gasteiger partial charge in [-0.25, -0.2) is 4.79 Å². The smallest absolute Gasteiger partial charge is 0.326 e. The molecule has 35 heavy (non-hydrogen) atoms. The predicted molar refractivity (Wildman–Crippen MR) is 134 cm³/mol. The summed E-state index contributed by atoms with van der Waals surface area (Å²) in [6, 6.07) is -4.38. The molecule has 13 nitrogen and oxygen atoms in total. The number of primary amides is 1. The van der Waals surface area contributed by atoms with E-state index in [9.17, 15) is 29.1 Å². The average molecular weight is 520 g/mol. The predicted octanol–water partition coefficient (Wildman–Crippen LogP) is -2.26. The molecule has 12 N–H and O–H groups in total. The molecule has 0 radical (unpaired) electrons. The number of nitrogens with two attached hydrogens (primary N) is 4. The van der Waals surface area contributed by atoms with E-state index in [1.807, 2.05) is 6.26 Å². The Kier molecular flexibility index (Phi) is 17.5. The second-order valence-electron chi connectivity index (χ2n) is 8.15. The van der Waals surface area contributed by atoms with Crippen molar-refractivity contribution in [1.82, 2.24) is 16.0 Å². The summed E-state index contributed by atoms with van der Waals surface area (Å²) in [7, 11) is 0. The second kappa shape index (κ2) is 18.9. The van der Waals surface area contributed by atoms with Gasteiger partial charge >= 0.3 is 5.97 Å². The van der Waals surface area contributed by atoms with E-state index >= 15 is 0 Å². The van der Waals surface area contributed by atoms with Gasteiger partial charge in [-0.1, -0.05) is 6.42 Å². The fourth-order valence-electron chi connectivity index (χ4n) is 3.13. The number of carbonyl (C=O) groups is 5. The molecule has 0 rings (SSSR count). The standard InChI is InChI=1S/C21H41N7O6S/c1-35-11-8-15(20(32)28-16(21(33)34)12-17(25)29)27-19(31)14(7-3-5-10-23)26-18(30)13(24)6-2-4-9-22/h13-16H,2-12,22-24H2,1H3,(H2,25,29)(H,26,30)(H,27,31)(H,28,32)(H,33,34). The molecule has 0 saturated carbocycles. The first-order chi connectivity index (χ1) is 16.6. The maximum absolute atomic E-state index is 13.0. The van der Waals surface area contributed by atoms with Gasteiger partial charge in [-0.2, -0.15) is 11.8 Å². The van der Waals surface area contributed by atoms with Gasteiger partial charge in [0.15, 0.2) is 0 Å². The number of nitrogens with one attached hydrogen (secondary N) is 3. The Morgan fingerprint density at radius 1 is 0.771 bits per heavy atom. The molecule has 14 heteroatoms. The molecule has 0 spiro atoms. The maximum Gasteiger partial charge on any atom is 0.326 e. The van der Waals surface area contributed by atoms with Crippen LogP contribution in [0.15, 0.2) is 0 Å². The molecular weight excluding hydrogens is 478 g/mol. The third kappa shape index (κ3) is 14.5. The highest BCUT2D eigenvalue weighted by atomic mass is 32.2. The van der Waals surface area contributed by atoms with Gasteiger partial charge in [-0.05, 0) is 63.6 Å². The summed E-state index contributed by atoms with van der Waals surface area (Å²) in [4.78, 5) is 60.8. The molecule has 0 aromatic heterocycles. The van der Waals surface area contributed by atoms with E-state index in [2.05, 4.69) is 16.0 Å². The fraction of sp³-hybridized carbons (Fsp3) is 0.762. The van der Waals surface area contributed by atoms with Crippen LogP contribution in [0.3, 0.4) is 0 Å². The lowest BCUT2D eigenvalue weighted by Crippen LogP contribution is -2.57. The van der Waals surface area contributed by atoms with Crippen LogP contribution < -0.4 is 38.9 Å². The largest absolute Gasteiger partial charge is 0.480 e. The van der Waals surface area contributed by atoms with Crippen molar-refractivity contribution in [3.8, 4) is 0 Å². The molecule has 0 aromatic carbocycles. The van der Waals surface area contributed by atoms with Crippen molar-refractivity contribution in [1.29, 1.82) is 0 Å². The zero-order valence-corrected chi connectivity index (χ0v) is 21.1. The van der Waals surface area contributed by atoms with Gasteiger partial charge in [0, 0.05) is 0 Å². The number of hydrogen-bond donors (Lipinski definition) is 8. The van der Waals surface area contributed by atoms with Crippen molar-refractivity contribution in [2.75, 3.05) is 25.1 Å². The second-order valence-corrected chi connectivity index (χ2v) is 9.13. The number of hydrogen-bond acceptors (Lipinski definition) is 9. The van der Waals surface area contributed by atoms with Gasteiger partial charge < -0.3 is 44.0 Å². The first-order valence-corrected chi connectivity index (χ1v) is 13.0. The lowest BCUT2D eigenvalue weighted by molar-refractivity contribution is -0.143. The van der Waals surface area contributed by atoms with E-state index in [0.29, 0.717) is 44.5 Å². The van der Waals surface area contributed by atoms with Crippen molar-refractivity contribution in [3.05, 3.63) is 0 Å². The third-order valence-electron chi connectivity index (χ3n) is 5.15. The quantitative estimate of drug-likeness (QED) is 0.0802. The maximum atomic E-state index is 13.0.